The molecule has 1 atom stereocenters. The van der Waals surface area contributed by atoms with Crippen molar-refractivity contribution >= 4 is 16.8 Å². The van der Waals surface area contributed by atoms with Crippen LogP contribution in [-0.4, -0.2) is 44.3 Å². The van der Waals surface area contributed by atoms with E-state index in [1.54, 1.807) is 11.1 Å². The van der Waals surface area contributed by atoms with Gasteiger partial charge in [-0.1, -0.05) is 23.4 Å². The number of H-pyrrole nitrogens is 1. The van der Waals surface area contributed by atoms with E-state index in [-0.39, 0.29) is 18.6 Å². The Morgan fingerprint density at radius 3 is 3.00 bits per heavy atom. The van der Waals surface area contributed by atoms with E-state index in [2.05, 4.69) is 20.3 Å². The fraction of sp³-hybridized carbons (Fsp3) is 0.273. The summed E-state index contributed by atoms with van der Waals surface area (Å²) in [6.07, 6.45) is 4.51. The van der Waals surface area contributed by atoms with Gasteiger partial charge in [-0.25, -0.2) is 0 Å². The zero-order chi connectivity index (χ0) is 20.3. The molecule has 3 heterocycles. The molecule has 1 fully saturated rings. The highest BCUT2D eigenvalue weighted by Gasteiger charge is 2.32. The molecule has 0 radical (unpaired) electrons. The molecule has 2 aromatic heterocycles. The van der Waals surface area contributed by atoms with Crippen LogP contribution in [0.25, 0.3) is 22.3 Å². The third-order valence-corrected chi connectivity index (χ3v) is 5.35. The molecule has 1 amide bonds. The molecule has 4 aromatic rings. The molecule has 1 saturated heterocycles. The number of rotatable bonds is 5. The molecule has 8 nitrogen and oxygen atoms in total. The van der Waals surface area contributed by atoms with Crippen molar-refractivity contribution in [3.8, 4) is 17.1 Å². The molecular formula is C22H21N5O3. The highest BCUT2D eigenvalue weighted by molar-refractivity contribution is 5.82. The number of carbonyl (C=O) groups is 1. The summed E-state index contributed by atoms with van der Waals surface area (Å²) < 4.78 is 11.2. The topological polar surface area (TPSA) is 97.1 Å². The maximum atomic E-state index is 12.8. The van der Waals surface area contributed by atoms with Gasteiger partial charge >= 0.3 is 0 Å². The minimum atomic E-state index is -0.232. The van der Waals surface area contributed by atoms with Crippen LogP contribution in [0.2, 0.25) is 0 Å². The molecule has 0 unspecified atom stereocenters. The Labute approximate surface area is 172 Å². The second-order valence-corrected chi connectivity index (χ2v) is 7.33. The lowest BCUT2D eigenvalue weighted by Gasteiger charge is -2.33. The average Bonchev–Trinajstić information content (AvgIpc) is 3.47. The fourth-order valence-electron chi connectivity index (χ4n) is 3.80. The molecule has 152 valence electrons. The summed E-state index contributed by atoms with van der Waals surface area (Å²) in [4.78, 5) is 19.2. The van der Waals surface area contributed by atoms with Crippen molar-refractivity contribution in [1.29, 1.82) is 0 Å². The minimum absolute atomic E-state index is 0.0152. The van der Waals surface area contributed by atoms with Crippen LogP contribution >= 0.6 is 0 Å². The summed E-state index contributed by atoms with van der Waals surface area (Å²) >= 11 is 0. The number of nitrogens with one attached hydrogen (secondary N) is 1. The summed E-state index contributed by atoms with van der Waals surface area (Å²) in [7, 11) is 0. The molecule has 0 saturated carbocycles. The molecule has 8 heteroatoms. The summed E-state index contributed by atoms with van der Waals surface area (Å²) in [5, 5.41) is 12.1. The largest absolute Gasteiger partial charge is 0.484 e. The van der Waals surface area contributed by atoms with Crippen molar-refractivity contribution in [3.63, 3.8) is 0 Å². The van der Waals surface area contributed by atoms with E-state index >= 15 is 0 Å². The monoisotopic (exact) mass is 403 g/mol. The average molecular weight is 403 g/mol. The number of fused-ring (bicyclic) bond motifs is 1. The van der Waals surface area contributed by atoms with E-state index in [1.165, 1.54) is 0 Å². The van der Waals surface area contributed by atoms with Gasteiger partial charge in [0.1, 0.15) is 11.8 Å². The summed E-state index contributed by atoms with van der Waals surface area (Å²) in [6.45, 7) is 0.638. The number of piperidine rings is 1. The maximum absolute atomic E-state index is 12.8. The van der Waals surface area contributed by atoms with Gasteiger partial charge in [0.2, 0.25) is 11.7 Å². The summed E-state index contributed by atoms with van der Waals surface area (Å²) in [5.74, 6) is 1.56. The Kier molecular flexibility index (Phi) is 4.88. The lowest BCUT2D eigenvalue weighted by atomic mass is 10.0. The molecular weight excluding hydrogens is 382 g/mol. The Hall–Kier alpha value is -3.68. The standard InChI is InChI=1S/C22H21N5O3/c28-20(14-29-17-6-2-1-3-7-17)27-11-5-4-8-19(27)22-24-21(26-30-22)15-9-10-18-16(12-15)13-23-25-18/h1-3,6-7,9-10,12-13,19H,4-5,8,11,14H2,(H,23,25)/t19-/m1/s1. The van der Waals surface area contributed by atoms with Crippen LogP contribution in [0.1, 0.15) is 31.2 Å². The van der Waals surface area contributed by atoms with Crippen LogP contribution in [0.15, 0.2) is 59.3 Å². The van der Waals surface area contributed by atoms with Gasteiger partial charge in [-0.3, -0.25) is 9.89 Å². The first-order chi connectivity index (χ1) is 14.8. The van der Waals surface area contributed by atoms with E-state index < -0.39 is 0 Å². The lowest BCUT2D eigenvalue weighted by Crippen LogP contribution is -2.41. The van der Waals surface area contributed by atoms with E-state index in [4.69, 9.17) is 9.26 Å². The molecule has 0 spiro atoms. The van der Waals surface area contributed by atoms with Crippen LogP contribution < -0.4 is 4.74 Å². The van der Waals surface area contributed by atoms with E-state index in [0.717, 1.165) is 35.7 Å². The third kappa shape index (κ3) is 3.63. The van der Waals surface area contributed by atoms with Crippen molar-refractivity contribution < 1.29 is 14.1 Å². The molecule has 2 aromatic carbocycles. The number of benzene rings is 2. The molecule has 1 aliphatic rings. The SMILES string of the molecule is O=C(COc1ccccc1)N1CCCC[C@@H]1c1nc(-c2ccc3[nH]ncc3c2)no1. The first-order valence-corrected chi connectivity index (χ1v) is 10.0. The van der Waals surface area contributed by atoms with Gasteiger partial charge in [0.25, 0.3) is 5.91 Å². The van der Waals surface area contributed by atoms with Crippen LogP contribution in [0.4, 0.5) is 0 Å². The van der Waals surface area contributed by atoms with Gasteiger partial charge in [-0.05, 0) is 49.6 Å². The predicted octanol–water partition coefficient (Wildman–Crippen LogP) is 3.75. The number of carbonyl (C=O) groups excluding carboxylic acids is 1. The Balaban J connectivity index is 1.33. The summed E-state index contributed by atoms with van der Waals surface area (Å²) in [5.41, 5.74) is 1.80. The van der Waals surface area contributed by atoms with Crippen molar-refractivity contribution in [2.75, 3.05) is 13.2 Å². The van der Waals surface area contributed by atoms with Crippen LogP contribution in [0.3, 0.4) is 0 Å². The molecule has 1 N–H and O–H groups in total. The Morgan fingerprint density at radius 2 is 2.10 bits per heavy atom. The number of hydrogen-bond donors (Lipinski definition) is 1. The van der Waals surface area contributed by atoms with Gasteiger partial charge in [0.15, 0.2) is 6.61 Å². The van der Waals surface area contributed by atoms with Gasteiger partial charge in [-0.2, -0.15) is 10.1 Å². The first kappa shape index (κ1) is 18.4. The van der Waals surface area contributed by atoms with E-state index in [9.17, 15) is 4.79 Å². The Bertz CT molecular complexity index is 1150. The van der Waals surface area contributed by atoms with Gasteiger partial charge in [0, 0.05) is 17.5 Å². The molecule has 30 heavy (non-hydrogen) atoms. The number of aromatic amines is 1. The van der Waals surface area contributed by atoms with E-state index in [1.807, 2.05) is 48.5 Å². The van der Waals surface area contributed by atoms with Gasteiger partial charge in [-0.15, -0.1) is 0 Å². The Morgan fingerprint density at radius 1 is 1.20 bits per heavy atom. The number of amides is 1. The number of hydrogen-bond acceptors (Lipinski definition) is 6. The third-order valence-electron chi connectivity index (χ3n) is 5.35. The number of aromatic nitrogens is 4. The van der Waals surface area contributed by atoms with Crippen molar-refractivity contribution in [3.05, 3.63) is 60.6 Å². The smallest absolute Gasteiger partial charge is 0.261 e. The number of ether oxygens (including phenoxy) is 1. The first-order valence-electron chi connectivity index (χ1n) is 10.0. The van der Waals surface area contributed by atoms with Crippen molar-refractivity contribution in [2.24, 2.45) is 0 Å². The minimum Gasteiger partial charge on any atom is -0.484 e. The molecule has 5 rings (SSSR count). The maximum Gasteiger partial charge on any atom is 0.261 e. The molecule has 0 aliphatic carbocycles. The number of likely N-dealkylation sites (tertiary alicyclic amines) is 1. The summed E-state index contributed by atoms with van der Waals surface area (Å²) in [6, 6.07) is 14.9. The van der Waals surface area contributed by atoms with Crippen molar-refractivity contribution in [1.82, 2.24) is 25.2 Å². The molecule has 0 bridgehead atoms. The number of nitrogens with zero attached hydrogens (tertiary/aromatic N) is 4. The van der Waals surface area contributed by atoms with Gasteiger partial charge < -0.3 is 14.2 Å². The molecule has 1 aliphatic heterocycles. The normalized spacial score (nSPS) is 16.7. The van der Waals surface area contributed by atoms with Crippen LogP contribution in [0, 0.1) is 0 Å². The second-order valence-electron chi connectivity index (χ2n) is 7.33. The second kappa shape index (κ2) is 7.98. The predicted molar refractivity (Wildman–Crippen MR) is 110 cm³/mol. The lowest BCUT2D eigenvalue weighted by molar-refractivity contribution is -0.138. The quantitative estimate of drug-likeness (QED) is 0.545. The highest BCUT2D eigenvalue weighted by Crippen LogP contribution is 2.31. The highest BCUT2D eigenvalue weighted by atomic mass is 16.5. The van der Waals surface area contributed by atoms with E-state index in [0.29, 0.717) is 24.0 Å². The zero-order valence-corrected chi connectivity index (χ0v) is 16.3. The van der Waals surface area contributed by atoms with Crippen LogP contribution in [-0.2, 0) is 4.79 Å². The van der Waals surface area contributed by atoms with Crippen molar-refractivity contribution in [2.45, 2.75) is 25.3 Å². The van der Waals surface area contributed by atoms with Gasteiger partial charge in [0.05, 0.1) is 11.7 Å². The fourth-order valence-corrected chi connectivity index (χ4v) is 3.80. The van der Waals surface area contributed by atoms with Crippen LogP contribution in [0.5, 0.6) is 5.75 Å². The zero-order valence-electron chi connectivity index (χ0n) is 16.3. The number of para-hydroxylation sites is 1.